The van der Waals surface area contributed by atoms with E-state index in [0.717, 1.165) is 22.1 Å². The van der Waals surface area contributed by atoms with Crippen LogP contribution in [0.1, 0.15) is 16.1 Å². The molecule has 9 heteroatoms. The number of amides is 1. The third kappa shape index (κ3) is 7.65. The summed E-state index contributed by atoms with van der Waals surface area (Å²) in [7, 11) is 1.61. The minimum Gasteiger partial charge on any atom is -0.497 e. The van der Waals surface area contributed by atoms with Gasteiger partial charge in [-0.05, 0) is 53.6 Å². The lowest BCUT2D eigenvalue weighted by atomic mass is 10.1. The van der Waals surface area contributed by atoms with E-state index in [4.69, 9.17) is 14.2 Å². The molecule has 0 bridgehead atoms. The molecule has 0 fully saturated rings. The van der Waals surface area contributed by atoms with Gasteiger partial charge in [-0.25, -0.2) is 0 Å². The van der Waals surface area contributed by atoms with Crippen LogP contribution in [0, 0.1) is 11.3 Å². The number of ether oxygens (including phenoxy) is 3. The van der Waals surface area contributed by atoms with E-state index in [1.807, 2.05) is 60.7 Å². The summed E-state index contributed by atoms with van der Waals surface area (Å²) in [6.07, 6.45) is 2.13. The van der Waals surface area contributed by atoms with Crippen molar-refractivity contribution < 1.29 is 19.0 Å². The second kappa shape index (κ2) is 12.9. The number of aromatic nitrogens is 2. The van der Waals surface area contributed by atoms with E-state index in [1.165, 1.54) is 17.4 Å². The second-order valence-corrected chi connectivity index (χ2v) is 8.79. The molecule has 1 heterocycles. The van der Waals surface area contributed by atoms with Gasteiger partial charge in [-0.3, -0.25) is 10.1 Å². The van der Waals surface area contributed by atoms with Gasteiger partial charge in [-0.1, -0.05) is 53.8 Å². The van der Waals surface area contributed by atoms with E-state index in [-0.39, 0.29) is 5.57 Å². The van der Waals surface area contributed by atoms with Crippen LogP contribution in [0.4, 0.5) is 5.13 Å². The van der Waals surface area contributed by atoms with Crippen LogP contribution >= 0.6 is 11.3 Å². The molecular weight excluding hydrogens is 488 g/mol. The maximum absolute atomic E-state index is 12.6. The van der Waals surface area contributed by atoms with Crippen LogP contribution in [0.3, 0.4) is 0 Å². The Morgan fingerprint density at radius 3 is 2.16 bits per heavy atom. The summed E-state index contributed by atoms with van der Waals surface area (Å²) in [6.45, 7) is 0.743. The highest BCUT2D eigenvalue weighted by Gasteiger charge is 2.13. The first kappa shape index (κ1) is 25.4. The number of hydrogen-bond acceptors (Lipinski definition) is 8. The van der Waals surface area contributed by atoms with Crippen molar-refractivity contribution in [2.75, 3.05) is 25.6 Å². The molecule has 1 amide bonds. The Kier molecular flexibility index (Phi) is 8.83. The highest BCUT2D eigenvalue weighted by atomic mass is 32.1. The van der Waals surface area contributed by atoms with Gasteiger partial charge in [-0.2, -0.15) is 5.26 Å². The molecule has 4 aromatic rings. The number of carbonyl (C=O) groups is 1. The number of methoxy groups -OCH3 is 1. The van der Waals surface area contributed by atoms with Gasteiger partial charge in [0.05, 0.1) is 7.11 Å². The molecule has 3 aromatic carbocycles. The molecule has 1 N–H and O–H groups in total. The molecule has 186 valence electrons. The Bertz CT molecular complexity index is 1380. The Morgan fingerprint density at radius 2 is 1.54 bits per heavy atom. The Hall–Kier alpha value is -4.68. The van der Waals surface area contributed by atoms with Gasteiger partial charge in [0.1, 0.15) is 47.1 Å². The molecule has 0 aliphatic heterocycles. The van der Waals surface area contributed by atoms with Gasteiger partial charge in [0.2, 0.25) is 5.13 Å². The molecule has 1 aromatic heterocycles. The number of nitriles is 1. The zero-order chi connectivity index (χ0) is 25.9. The van der Waals surface area contributed by atoms with E-state index in [9.17, 15) is 10.1 Å². The number of carbonyl (C=O) groups excluding carboxylic acids is 1. The van der Waals surface area contributed by atoms with Crippen LogP contribution in [0.2, 0.25) is 0 Å². The largest absolute Gasteiger partial charge is 0.497 e. The number of nitrogens with zero attached hydrogens (tertiary/aromatic N) is 3. The number of rotatable bonds is 11. The smallest absolute Gasteiger partial charge is 0.268 e. The summed E-state index contributed by atoms with van der Waals surface area (Å²) < 4.78 is 16.5. The standard InChI is InChI=1S/C28H24N4O4S/c1-34-23-11-13-25(14-12-23)36-16-15-35-24-9-7-21(8-10-24)17-22(19-29)27(33)30-28-32-31-26(37-28)18-20-5-3-2-4-6-20/h2-14,17H,15-16,18H2,1H3,(H,30,32,33). The minimum absolute atomic E-state index is 0.0404. The summed E-state index contributed by atoms with van der Waals surface area (Å²) >= 11 is 1.28. The van der Waals surface area contributed by atoms with Crippen molar-refractivity contribution in [1.29, 1.82) is 5.26 Å². The summed E-state index contributed by atoms with van der Waals surface area (Å²) in [5, 5.41) is 21.4. The maximum Gasteiger partial charge on any atom is 0.268 e. The minimum atomic E-state index is -0.541. The van der Waals surface area contributed by atoms with Gasteiger partial charge in [0, 0.05) is 6.42 Å². The fraction of sp³-hybridized carbons (Fsp3) is 0.143. The molecule has 0 saturated carbocycles. The van der Waals surface area contributed by atoms with Crippen LogP contribution in [-0.2, 0) is 11.2 Å². The van der Waals surface area contributed by atoms with Crippen LogP contribution in [0.25, 0.3) is 6.08 Å². The Labute approximate surface area is 218 Å². The van der Waals surface area contributed by atoms with Crippen LogP contribution < -0.4 is 19.5 Å². The van der Waals surface area contributed by atoms with Crippen molar-refractivity contribution in [2.24, 2.45) is 0 Å². The molecule has 0 unspecified atom stereocenters. The molecular formula is C28H24N4O4S. The lowest BCUT2D eigenvalue weighted by Crippen LogP contribution is -2.13. The van der Waals surface area contributed by atoms with Gasteiger partial charge in [0.25, 0.3) is 5.91 Å². The molecule has 0 atom stereocenters. The van der Waals surface area contributed by atoms with E-state index >= 15 is 0 Å². The number of anilines is 1. The molecule has 37 heavy (non-hydrogen) atoms. The number of nitrogens with one attached hydrogen (secondary N) is 1. The first-order chi connectivity index (χ1) is 18.1. The van der Waals surface area contributed by atoms with Crippen molar-refractivity contribution in [3.05, 3.63) is 101 Å². The summed E-state index contributed by atoms with van der Waals surface area (Å²) in [4.78, 5) is 12.6. The highest BCUT2D eigenvalue weighted by Crippen LogP contribution is 2.20. The van der Waals surface area contributed by atoms with Crippen LogP contribution in [0.5, 0.6) is 17.2 Å². The fourth-order valence-electron chi connectivity index (χ4n) is 3.28. The SMILES string of the molecule is COc1ccc(OCCOc2ccc(C=C(C#N)C(=O)Nc3nnc(Cc4ccccc4)s3)cc2)cc1. The van der Waals surface area contributed by atoms with Crippen molar-refractivity contribution in [2.45, 2.75) is 6.42 Å². The third-order valence-electron chi connectivity index (χ3n) is 5.12. The zero-order valence-corrected chi connectivity index (χ0v) is 20.9. The molecule has 0 saturated heterocycles. The Morgan fingerprint density at radius 1 is 0.919 bits per heavy atom. The van der Waals surface area contributed by atoms with E-state index in [1.54, 1.807) is 31.4 Å². The monoisotopic (exact) mass is 512 g/mol. The van der Waals surface area contributed by atoms with Crippen molar-refractivity contribution >= 4 is 28.5 Å². The average molecular weight is 513 g/mol. The molecule has 8 nitrogen and oxygen atoms in total. The third-order valence-corrected chi connectivity index (χ3v) is 5.96. The van der Waals surface area contributed by atoms with Crippen molar-refractivity contribution in [3.8, 4) is 23.3 Å². The molecule has 0 aliphatic rings. The molecule has 0 aliphatic carbocycles. The molecule has 0 radical (unpaired) electrons. The molecule has 4 rings (SSSR count). The first-order valence-corrected chi connectivity index (χ1v) is 12.2. The zero-order valence-electron chi connectivity index (χ0n) is 20.1. The highest BCUT2D eigenvalue weighted by molar-refractivity contribution is 7.15. The average Bonchev–Trinajstić information content (AvgIpc) is 3.37. The van der Waals surface area contributed by atoms with Crippen LogP contribution in [-0.4, -0.2) is 36.4 Å². The van der Waals surface area contributed by atoms with Gasteiger partial charge < -0.3 is 14.2 Å². The van der Waals surface area contributed by atoms with Gasteiger partial charge >= 0.3 is 0 Å². The first-order valence-electron chi connectivity index (χ1n) is 11.4. The maximum atomic E-state index is 12.6. The van der Waals surface area contributed by atoms with E-state index in [0.29, 0.717) is 36.1 Å². The summed E-state index contributed by atoms with van der Waals surface area (Å²) in [5.74, 6) is 1.61. The van der Waals surface area contributed by atoms with Gasteiger partial charge in [0.15, 0.2) is 0 Å². The normalized spacial score (nSPS) is 10.9. The molecule has 0 spiro atoms. The van der Waals surface area contributed by atoms with Gasteiger partial charge in [-0.15, -0.1) is 10.2 Å². The van der Waals surface area contributed by atoms with E-state index in [2.05, 4.69) is 15.5 Å². The predicted molar refractivity (Wildman–Crippen MR) is 142 cm³/mol. The number of benzene rings is 3. The number of hydrogen-bond donors (Lipinski definition) is 1. The van der Waals surface area contributed by atoms with Crippen LogP contribution in [0.15, 0.2) is 84.4 Å². The quantitative estimate of drug-likeness (QED) is 0.168. The summed E-state index contributed by atoms with van der Waals surface area (Å²) in [6, 6.07) is 26.2. The predicted octanol–water partition coefficient (Wildman–Crippen LogP) is 5.14. The summed E-state index contributed by atoms with van der Waals surface area (Å²) in [5.41, 5.74) is 1.75. The van der Waals surface area contributed by atoms with Crippen molar-refractivity contribution in [3.63, 3.8) is 0 Å². The fourth-order valence-corrected chi connectivity index (χ4v) is 4.05. The van der Waals surface area contributed by atoms with E-state index < -0.39 is 5.91 Å². The lowest BCUT2D eigenvalue weighted by molar-refractivity contribution is -0.112. The Balaban J connectivity index is 1.27. The second-order valence-electron chi connectivity index (χ2n) is 7.73. The lowest BCUT2D eigenvalue weighted by Gasteiger charge is -2.09. The van der Waals surface area contributed by atoms with Crippen molar-refractivity contribution in [1.82, 2.24) is 10.2 Å². The topological polar surface area (TPSA) is 106 Å².